The van der Waals surface area contributed by atoms with E-state index in [1.165, 1.54) is 0 Å². The Bertz CT molecular complexity index is 237. The maximum absolute atomic E-state index is 11.9. The summed E-state index contributed by atoms with van der Waals surface area (Å²) in [6, 6.07) is -0.0883. The second-order valence-corrected chi connectivity index (χ2v) is 3.67. The summed E-state index contributed by atoms with van der Waals surface area (Å²) in [5.41, 5.74) is 0. The van der Waals surface area contributed by atoms with E-state index in [0.717, 1.165) is 19.4 Å². The molecular weight excluding hydrogens is 194 g/mol. The van der Waals surface area contributed by atoms with Gasteiger partial charge < -0.3 is 15.5 Å². The van der Waals surface area contributed by atoms with Crippen molar-refractivity contribution in [2.75, 3.05) is 26.7 Å². The molecule has 0 aliphatic carbocycles. The minimum atomic E-state index is -0.122. The predicted octanol–water partition coefficient (Wildman–Crippen LogP) is -0.667. The van der Waals surface area contributed by atoms with E-state index in [4.69, 9.17) is 0 Å². The Morgan fingerprint density at radius 2 is 2.27 bits per heavy atom. The van der Waals surface area contributed by atoms with Crippen LogP contribution < -0.4 is 10.6 Å². The highest BCUT2D eigenvalue weighted by molar-refractivity contribution is 5.87. The van der Waals surface area contributed by atoms with E-state index in [9.17, 15) is 9.59 Å². The fraction of sp³-hybridized carbons (Fsp3) is 0.800. The summed E-state index contributed by atoms with van der Waals surface area (Å²) in [5, 5.41) is 5.66. The topological polar surface area (TPSA) is 61.4 Å². The minimum Gasteiger partial charge on any atom is -0.358 e. The molecule has 15 heavy (non-hydrogen) atoms. The molecule has 1 rings (SSSR count). The van der Waals surface area contributed by atoms with E-state index >= 15 is 0 Å². The summed E-state index contributed by atoms with van der Waals surface area (Å²) in [6.45, 7) is 3.51. The van der Waals surface area contributed by atoms with Crippen molar-refractivity contribution in [3.05, 3.63) is 0 Å². The molecule has 2 amide bonds. The van der Waals surface area contributed by atoms with Gasteiger partial charge in [-0.2, -0.15) is 0 Å². The van der Waals surface area contributed by atoms with E-state index in [2.05, 4.69) is 10.6 Å². The summed E-state index contributed by atoms with van der Waals surface area (Å²) in [5.74, 6) is -0.0817. The molecule has 5 nitrogen and oxygen atoms in total. The van der Waals surface area contributed by atoms with Gasteiger partial charge in [0, 0.05) is 13.6 Å². The third-order valence-electron chi connectivity index (χ3n) is 2.67. The first-order valence-corrected chi connectivity index (χ1v) is 5.41. The van der Waals surface area contributed by atoms with Crippen LogP contribution in [-0.2, 0) is 9.59 Å². The summed E-state index contributed by atoms with van der Waals surface area (Å²) < 4.78 is 0. The molecule has 1 fully saturated rings. The monoisotopic (exact) mass is 213 g/mol. The van der Waals surface area contributed by atoms with E-state index in [-0.39, 0.29) is 24.4 Å². The number of likely N-dealkylation sites (N-methyl/N-ethyl adjacent to an activating group) is 2. The number of carbonyl (C=O) groups excluding carboxylic acids is 2. The molecule has 0 aromatic carbocycles. The second-order valence-electron chi connectivity index (χ2n) is 3.67. The lowest BCUT2D eigenvalue weighted by atomic mass is 10.2. The first-order valence-electron chi connectivity index (χ1n) is 5.41. The van der Waals surface area contributed by atoms with Crippen molar-refractivity contribution in [3.63, 3.8) is 0 Å². The van der Waals surface area contributed by atoms with Gasteiger partial charge in [0.25, 0.3) is 0 Å². The highest BCUT2D eigenvalue weighted by Gasteiger charge is 2.26. The maximum atomic E-state index is 11.9. The molecule has 0 radical (unpaired) electrons. The first-order chi connectivity index (χ1) is 7.19. The van der Waals surface area contributed by atoms with E-state index in [1.807, 2.05) is 6.92 Å². The minimum absolute atomic E-state index is 0.0404. The third kappa shape index (κ3) is 3.20. The van der Waals surface area contributed by atoms with Crippen LogP contribution in [0.3, 0.4) is 0 Å². The standard InChI is InChI=1S/C10H19N3O2/c1-3-13(7-9(14)11-2)10(15)8-5-4-6-12-8/h8,12H,3-7H2,1-2H3,(H,11,14)/t8-/m1/s1. The molecule has 1 atom stereocenters. The van der Waals surface area contributed by atoms with Crippen LogP contribution in [0.4, 0.5) is 0 Å². The smallest absolute Gasteiger partial charge is 0.240 e. The second kappa shape index (κ2) is 5.70. The average molecular weight is 213 g/mol. The van der Waals surface area contributed by atoms with Crippen molar-refractivity contribution in [2.45, 2.75) is 25.8 Å². The highest BCUT2D eigenvalue weighted by atomic mass is 16.2. The van der Waals surface area contributed by atoms with Crippen molar-refractivity contribution in [3.8, 4) is 0 Å². The van der Waals surface area contributed by atoms with Crippen LogP contribution >= 0.6 is 0 Å². The zero-order valence-electron chi connectivity index (χ0n) is 9.38. The number of rotatable bonds is 4. The molecule has 0 unspecified atom stereocenters. The fourth-order valence-corrected chi connectivity index (χ4v) is 1.71. The Balaban J connectivity index is 2.49. The largest absolute Gasteiger partial charge is 0.358 e. The Kier molecular flexibility index (Phi) is 4.55. The third-order valence-corrected chi connectivity index (χ3v) is 2.67. The molecule has 0 aromatic rings. The molecule has 5 heteroatoms. The summed E-state index contributed by atoms with van der Waals surface area (Å²) in [7, 11) is 1.58. The lowest BCUT2D eigenvalue weighted by molar-refractivity contribution is -0.137. The Labute approximate surface area is 90.2 Å². The normalized spacial score (nSPS) is 20.0. The zero-order chi connectivity index (χ0) is 11.3. The van der Waals surface area contributed by atoms with Gasteiger partial charge in [0.15, 0.2) is 0 Å². The lowest BCUT2D eigenvalue weighted by Crippen LogP contribution is -2.47. The summed E-state index contributed by atoms with van der Waals surface area (Å²) >= 11 is 0. The van der Waals surface area contributed by atoms with Crippen LogP contribution in [0.5, 0.6) is 0 Å². The van der Waals surface area contributed by atoms with Crippen molar-refractivity contribution >= 4 is 11.8 Å². The summed E-state index contributed by atoms with van der Waals surface area (Å²) in [6.07, 6.45) is 1.91. The van der Waals surface area contributed by atoms with Crippen molar-refractivity contribution in [1.82, 2.24) is 15.5 Å². The number of carbonyl (C=O) groups is 2. The van der Waals surface area contributed by atoms with Crippen molar-refractivity contribution < 1.29 is 9.59 Å². The van der Waals surface area contributed by atoms with Crippen molar-refractivity contribution in [1.29, 1.82) is 0 Å². The van der Waals surface area contributed by atoms with E-state index < -0.39 is 0 Å². The van der Waals surface area contributed by atoms with Crippen LogP contribution in [0.25, 0.3) is 0 Å². The van der Waals surface area contributed by atoms with E-state index in [0.29, 0.717) is 6.54 Å². The van der Waals surface area contributed by atoms with Crippen molar-refractivity contribution in [2.24, 2.45) is 0 Å². The van der Waals surface area contributed by atoms with E-state index in [1.54, 1.807) is 11.9 Å². The lowest BCUT2D eigenvalue weighted by Gasteiger charge is -2.23. The number of amides is 2. The van der Waals surface area contributed by atoms with Crippen LogP contribution in [0.1, 0.15) is 19.8 Å². The van der Waals surface area contributed by atoms with Crippen LogP contribution in [0.15, 0.2) is 0 Å². The molecule has 2 N–H and O–H groups in total. The molecule has 86 valence electrons. The first kappa shape index (κ1) is 12.0. The Morgan fingerprint density at radius 1 is 1.53 bits per heavy atom. The number of nitrogens with zero attached hydrogens (tertiary/aromatic N) is 1. The van der Waals surface area contributed by atoms with Gasteiger partial charge in [-0.1, -0.05) is 0 Å². The highest BCUT2D eigenvalue weighted by Crippen LogP contribution is 2.08. The van der Waals surface area contributed by atoms with Gasteiger partial charge in [-0.3, -0.25) is 9.59 Å². The van der Waals surface area contributed by atoms with Gasteiger partial charge in [0.2, 0.25) is 11.8 Å². The summed E-state index contributed by atoms with van der Waals surface area (Å²) in [4.78, 5) is 24.7. The Hall–Kier alpha value is -1.10. The number of hydrogen-bond acceptors (Lipinski definition) is 3. The molecular formula is C10H19N3O2. The van der Waals surface area contributed by atoms with Crippen LogP contribution in [-0.4, -0.2) is 49.4 Å². The van der Waals surface area contributed by atoms with Gasteiger partial charge in [-0.15, -0.1) is 0 Å². The SMILES string of the molecule is CCN(CC(=O)NC)C(=O)[C@H]1CCCN1. The fourth-order valence-electron chi connectivity index (χ4n) is 1.71. The molecule has 1 saturated heterocycles. The number of nitrogens with one attached hydrogen (secondary N) is 2. The molecule has 0 bridgehead atoms. The Morgan fingerprint density at radius 3 is 2.73 bits per heavy atom. The van der Waals surface area contributed by atoms with Gasteiger partial charge in [-0.05, 0) is 26.3 Å². The quantitative estimate of drug-likeness (QED) is 0.651. The number of hydrogen-bond donors (Lipinski definition) is 2. The zero-order valence-corrected chi connectivity index (χ0v) is 9.38. The molecule has 0 aromatic heterocycles. The molecule has 1 heterocycles. The van der Waals surface area contributed by atoms with Gasteiger partial charge in [0.05, 0.1) is 12.6 Å². The maximum Gasteiger partial charge on any atom is 0.240 e. The van der Waals surface area contributed by atoms with Crippen LogP contribution in [0, 0.1) is 0 Å². The molecule has 1 aliphatic rings. The van der Waals surface area contributed by atoms with Gasteiger partial charge in [-0.25, -0.2) is 0 Å². The van der Waals surface area contributed by atoms with Crippen LogP contribution in [0.2, 0.25) is 0 Å². The molecule has 1 aliphatic heterocycles. The molecule has 0 saturated carbocycles. The van der Waals surface area contributed by atoms with Gasteiger partial charge >= 0.3 is 0 Å². The predicted molar refractivity (Wildman–Crippen MR) is 57.3 cm³/mol. The van der Waals surface area contributed by atoms with Gasteiger partial charge in [0.1, 0.15) is 0 Å². The molecule has 0 spiro atoms. The average Bonchev–Trinajstić information content (AvgIpc) is 2.77.